The molecule has 2 aromatic carbocycles. The molecule has 26 heavy (non-hydrogen) atoms. The van der Waals surface area contributed by atoms with E-state index in [1.807, 2.05) is 62.4 Å². The van der Waals surface area contributed by atoms with Gasteiger partial charge in [0.1, 0.15) is 0 Å². The minimum absolute atomic E-state index is 0.0254. The second-order valence-corrected chi connectivity index (χ2v) is 6.40. The van der Waals surface area contributed by atoms with Crippen LogP contribution in [0.15, 0.2) is 54.6 Å². The number of carbonyl (C=O) groups excluding carboxylic acids is 2. The number of rotatable bonds is 4. The zero-order valence-electron chi connectivity index (χ0n) is 15.1. The van der Waals surface area contributed by atoms with Crippen LogP contribution in [0.5, 0.6) is 0 Å². The van der Waals surface area contributed by atoms with E-state index in [0.717, 1.165) is 22.2 Å². The highest BCUT2D eigenvalue weighted by molar-refractivity contribution is 6.07. The van der Waals surface area contributed by atoms with E-state index >= 15 is 0 Å². The van der Waals surface area contributed by atoms with Gasteiger partial charge in [-0.1, -0.05) is 35.9 Å². The molecule has 5 nitrogen and oxygen atoms in total. The van der Waals surface area contributed by atoms with Crippen LogP contribution in [-0.2, 0) is 4.79 Å². The third kappa shape index (κ3) is 3.88. The minimum Gasteiger partial charge on any atom is -0.332 e. The SMILES string of the molecule is Cc1ccc(NC(=O)CN(C)C(=O)c2cc(C)nc3ccccc23)cc1. The molecule has 0 bridgehead atoms. The lowest BCUT2D eigenvalue weighted by atomic mass is 10.1. The largest absolute Gasteiger partial charge is 0.332 e. The molecular weight excluding hydrogens is 326 g/mol. The number of aryl methyl sites for hydroxylation is 2. The van der Waals surface area contributed by atoms with Crippen LogP contribution in [0.4, 0.5) is 5.69 Å². The van der Waals surface area contributed by atoms with Gasteiger partial charge in [-0.05, 0) is 38.1 Å². The summed E-state index contributed by atoms with van der Waals surface area (Å²) in [5.41, 5.74) is 3.93. The van der Waals surface area contributed by atoms with Crippen LogP contribution in [0.25, 0.3) is 10.9 Å². The maximum atomic E-state index is 12.9. The molecule has 0 fully saturated rings. The van der Waals surface area contributed by atoms with Crippen molar-refractivity contribution in [2.75, 3.05) is 18.9 Å². The molecule has 1 aromatic heterocycles. The van der Waals surface area contributed by atoms with Crippen molar-refractivity contribution in [1.82, 2.24) is 9.88 Å². The highest BCUT2D eigenvalue weighted by Gasteiger charge is 2.18. The zero-order valence-corrected chi connectivity index (χ0v) is 15.1. The summed E-state index contributed by atoms with van der Waals surface area (Å²) in [4.78, 5) is 31.0. The molecule has 0 aliphatic heterocycles. The van der Waals surface area contributed by atoms with Crippen molar-refractivity contribution < 1.29 is 9.59 Å². The molecule has 3 rings (SSSR count). The molecule has 1 heterocycles. The topological polar surface area (TPSA) is 62.3 Å². The van der Waals surface area contributed by atoms with Crippen molar-refractivity contribution in [2.24, 2.45) is 0 Å². The number of fused-ring (bicyclic) bond motifs is 1. The second-order valence-electron chi connectivity index (χ2n) is 6.40. The summed E-state index contributed by atoms with van der Waals surface area (Å²) in [6.07, 6.45) is 0. The molecule has 0 spiro atoms. The number of hydrogen-bond acceptors (Lipinski definition) is 3. The third-order valence-electron chi connectivity index (χ3n) is 4.14. The van der Waals surface area contributed by atoms with Gasteiger partial charge in [0, 0.05) is 23.8 Å². The molecule has 0 atom stereocenters. The summed E-state index contributed by atoms with van der Waals surface area (Å²) in [5.74, 6) is -0.439. The maximum absolute atomic E-state index is 12.9. The number of nitrogens with one attached hydrogen (secondary N) is 1. The summed E-state index contributed by atoms with van der Waals surface area (Å²) in [6.45, 7) is 3.81. The lowest BCUT2D eigenvalue weighted by molar-refractivity contribution is -0.116. The molecule has 0 saturated heterocycles. The number of carbonyl (C=O) groups is 2. The lowest BCUT2D eigenvalue weighted by Crippen LogP contribution is -2.35. The number of anilines is 1. The fraction of sp³-hybridized carbons (Fsp3) is 0.190. The molecule has 0 radical (unpaired) electrons. The van der Waals surface area contributed by atoms with Gasteiger partial charge in [-0.2, -0.15) is 0 Å². The number of likely N-dealkylation sites (N-methyl/N-ethyl adjacent to an activating group) is 1. The monoisotopic (exact) mass is 347 g/mol. The summed E-state index contributed by atoms with van der Waals surface area (Å²) in [5, 5.41) is 3.60. The van der Waals surface area contributed by atoms with Gasteiger partial charge in [0.05, 0.1) is 17.6 Å². The Labute approximate surface area is 152 Å². The van der Waals surface area contributed by atoms with Crippen LogP contribution in [0.2, 0.25) is 0 Å². The Bertz CT molecular complexity index is 965. The highest BCUT2D eigenvalue weighted by atomic mass is 16.2. The smallest absolute Gasteiger partial charge is 0.254 e. The first-order chi connectivity index (χ1) is 12.4. The van der Waals surface area contributed by atoms with Gasteiger partial charge in [0.2, 0.25) is 5.91 Å². The number of aromatic nitrogens is 1. The molecule has 5 heteroatoms. The van der Waals surface area contributed by atoms with Crippen LogP contribution < -0.4 is 5.32 Å². The predicted molar refractivity (Wildman–Crippen MR) is 103 cm³/mol. The third-order valence-corrected chi connectivity index (χ3v) is 4.14. The first kappa shape index (κ1) is 17.6. The van der Waals surface area contributed by atoms with Crippen molar-refractivity contribution in [2.45, 2.75) is 13.8 Å². The minimum atomic E-state index is -0.236. The molecule has 0 saturated carbocycles. The Morgan fingerprint density at radius 3 is 2.46 bits per heavy atom. The van der Waals surface area contributed by atoms with Crippen LogP contribution in [-0.4, -0.2) is 35.3 Å². The Kier molecular flexibility index (Phi) is 4.98. The van der Waals surface area contributed by atoms with E-state index in [9.17, 15) is 9.59 Å². The van der Waals surface area contributed by atoms with Gasteiger partial charge >= 0.3 is 0 Å². The van der Waals surface area contributed by atoms with Gasteiger partial charge in [0.25, 0.3) is 5.91 Å². The molecular formula is C21H21N3O2. The van der Waals surface area contributed by atoms with Gasteiger partial charge in [-0.3, -0.25) is 14.6 Å². The van der Waals surface area contributed by atoms with Gasteiger partial charge < -0.3 is 10.2 Å². The number of nitrogens with zero attached hydrogens (tertiary/aromatic N) is 2. The normalized spacial score (nSPS) is 10.6. The summed E-state index contributed by atoms with van der Waals surface area (Å²) < 4.78 is 0. The molecule has 0 unspecified atom stereocenters. The van der Waals surface area contributed by atoms with Crippen molar-refractivity contribution in [3.8, 4) is 0 Å². The second kappa shape index (κ2) is 7.35. The van der Waals surface area contributed by atoms with Crippen molar-refractivity contribution >= 4 is 28.4 Å². The Hall–Kier alpha value is -3.21. The molecule has 132 valence electrons. The van der Waals surface area contributed by atoms with E-state index < -0.39 is 0 Å². The average molecular weight is 347 g/mol. The summed E-state index contributed by atoms with van der Waals surface area (Å²) in [7, 11) is 1.63. The quantitative estimate of drug-likeness (QED) is 0.785. The van der Waals surface area contributed by atoms with E-state index in [1.54, 1.807) is 13.1 Å². The summed E-state index contributed by atoms with van der Waals surface area (Å²) >= 11 is 0. The molecule has 2 amide bonds. The van der Waals surface area contributed by atoms with E-state index in [-0.39, 0.29) is 18.4 Å². The van der Waals surface area contributed by atoms with Crippen LogP contribution in [0.3, 0.4) is 0 Å². The van der Waals surface area contributed by atoms with Gasteiger partial charge in [-0.25, -0.2) is 0 Å². The van der Waals surface area contributed by atoms with Gasteiger partial charge in [0.15, 0.2) is 0 Å². The molecule has 3 aromatic rings. The number of pyridine rings is 1. The molecule has 0 aliphatic carbocycles. The zero-order chi connectivity index (χ0) is 18.7. The standard InChI is InChI=1S/C21H21N3O2/c1-14-8-10-16(11-9-14)23-20(25)13-24(3)21(26)18-12-15(2)22-19-7-5-4-6-17(18)19/h4-12H,13H2,1-3H3,(H,23,25). The fourth-order valence-corrected chi connectivity index (χ4v) is 2.81. The lowest BCUT2D eigenvalue weighted by Gasteiger charge is -2.18. The molecule has 0 aliphatic rings. The van der Waals surface area contributed by atoms with Crippen molar-refractivity contribution in [1.29, 1.82) is 0 Å². The predicted octanol–water partition coefficient (Wildman–Crippen LogP) is 3.56. The molecule has 1 N–H and O–H groups in total. The number of para-hydroxylation sites is 1. The first-order valence-corrected chi connectivity index (χ1v) is 8.42. The van der Waals surface area contributed by atoms with Crippen LogP contribution >= 0.6 is 0 Å². The Balaban J connectivity index is 1.75. The van der Waals surface area contributed by atoms with E-state index in [1.165, 1.54) is 4.90 Å². The van der Waals surface area contributed by atoms with E-state index in [0.29, 0.717) is 11.3 Å². The van der Waals surface area contributed by atoms with Gasteiger partial charge in [-0.15, -0.1) is 0 Å². The average Bonchev–Trinajstić information content (AvgIpc) is 2.62. The number of hydrogen-bond donors (Lipinski definition) is 1. The number of benzene rings is 2. The fourth-order valence-electron chi connectivity index (χ4n) is 2.81. The van der Waals surface area contributed by atoms with Crippen LogP contribution in [0.1, 0.15) is 21.6 Å². The van der Waals surface area contributed by atoms with Crippen molar-refractivity contribution in [3.05, 3.63) is 71.4 Å². The number of amides is 2. The summed E-state index contributed by atoms with van der Waals surface area (Å²) in [6, 6.07) is 16.8. The van der Waals surface area contributed by atoms with Crippen molar-refractivity contribution in [3.63, 3.8) is 0 Å². The highest BCUT2D eigenvalue weighted by Crippen LogP contribution is 2.19. The van der Waals surface area contributed by atoms with Crippen LogP contribution in [0, 0.1) is 13.8 Å². The Morgan fingerprint density at radius 1 is 1.04 bits per heavy atom. The van der Waals surface area contributed by atoms with E-state index in [4.69, 9.17) is 0 Å². The first-order valence-electron chi connectivity index (χ1n) is 8.42. The van der Waals surface area contributed by atoms with E-state index in [2.05, 4.69) is 10.3 Å². The Morgan fingerprint density at radius 2 is 1.73 bits per heavy atom. The maximum Gasteiger partial charge on any atom is 0.254 e.